The normalized spacial score (nSPS) is 18.4. The Labute approximate surface area is 214 Å². The van der Waals surface area contributed by atoms with Crippen molar-refractivity contribution < 1.29 is 4.74 Å². The van der Waals surface area contributed by atoms with E-state index in [-0.39, 0.29) is 36.0 Å². The SMILES string of the molecule is CCCCOc1nc(N)c2[nH]c(=O)n(C(CCCCCC3CCNCC3)C3CCNCC3)c2n1.Cl. The van der Waals surface area contributed by atoms with Gasteiger partial charge in [0.05, 0.1) is 6.61 Å². The van der Waals surface area contributed by atoms with Crippen molar-refractivity contribution in [3.05, 3.63) is 10.5 Å². The van der Waals surface area contributed by atoms with Gasteiger partial charge in [0, 0.05) is 6.04 Å². The van der Waals surface area contributed by atoms with Gasteiger partial charge in [0.15, 0.2) is 11.5 Å². The molecule has 2 aromatic heterocycles. The number of unbranched alkanes of at least 4 members (excludes halogenated alkanes) is 3. The predicted octanol–water partition coefficient (Wildman–Crippen LogP) is 3.79. The number of nitrogens with two attached hydrogens (primary N) is 1. The van der Waals surface area contributed by atoms with Gasteiger partial charge in [0.25, 0.3) is 0 Å². The molecule has 4 heterocycles. The summed E-state index contributed by atoms with van der Waals surface area (Å²) in [5, 5.41) is 6.92. The molecule has 10 heteroatoms. The van der Waals surface area contributed by atoms with Gasteiger partial charge < -0.3 is 26.1 Å². The van der Waals surface area contributed by atoms with Crippen LogP contribution in [0.1, 0.15) is 83.6 Å². The number of hydrogen-bond donors (Lipinski definition) is 4. The van der Waals surface area contributed by atoms with Gasteiger partial charge in [-0.15, -0.1) is 12.4 Å². The molecule has 0 amide bonds. The van der Waals surface area contributed by atoms with Crippen LogP contribution in [0, 0.1) is 11.8 Å². The van der Waals surface area contributed by atoms with Gasteiger partial charge in [0.1, 0.15) is 5.52 Å². The lowest BCUT2D eigenvalue weighted by Gasteiger charge is -2.31. The Bertz CT molecular complexity index is 951. The minimum atomic E-state index is -0.139. The van der Waals surface area contributed by atoms with Crippen molar-refractivity contribution in [2.75, 3.05) is 38.5 Å². The predicted molar refractivity (Wildman–Crippen MR) is 144 cm³/mol. The number of piperidine rings is 2. The molecular weight excluding hydrogens is 466 g/mol. The van der Waals surface area contributed by atoms with Gasteiger partial charge in [-0.2, -0.15) is 9.97 Å². The van der Waals surface area contributed by atoms with E-state index in [9.17, 15) is 4.79 Å². The summed E-state index contributed by atoms with van der Waals surface area (Å²) in [6.45, 7) is 6.99. The Kier molecular flexibility index (Phi) is 11.1. The Morgan fingerprint density at radius 1 is 1.03 bits per heavy atom. The second-order valence-electron chi connectivity index (χ2n) is 10.1. The van der Waals surface area contributed by atoms with Crippen molar-refractivity contribution in [2.45, 2.75) is 83.6 Å². The number of nitrogens with zero attached hydrogens (tertiary/aromatic N) is 3. The second-order valence-corrected chi connectivity index (χ2v) is 10.1. The van der Waals surface area contributed by atoms with Crippen LogP contribution in [0.25, 0.3) is 11.2 Å². The molecular formula is C25H44ClN7O2. The fraction of sp³-hybridized carbons (Fsp3) is 0.800. The Hall–Kier alpha value is -1.84. The highest BCUT2D eigenvalue weighted by molar-refractivity contribution is 5.85. The van der Waals surface area contributed by atoms with Crippen LogP contribution in [0.4, 0.5) is 5.82 Å². The number of nitrogen functional groups attached to an aromatic ring is 1. The van der Waals surface area contributed by atoms with Crippen LogP contribution < -0.4 is 26.8 Å². The third kappa shape index (κ3) is 7.33. The quantitative estimate of drug-likeness (QED) is 0.321. The minimum absolute atomic E-state index is 0. The number of imidazole rings is 1. The van der Waals surface area contributed by atoms with Gasteiger partial charge in [-0.3, -0.25) is 4.57 Å². The summed E-state index contributed by atoms with van der Waals surface area (Å²) in [5.74, 6) is 1.60. The van der Waals surface area contributed by atoms with E-state index in [1.807, 2.05) is 4.57 Å². The van der Waals surface area contributed by atoms with Crippen LogP contribution in [0.3, 0.4) is 0 Å². The van der Waals surface area contributed by atoms with Crippen molar-refractivity contribution in [3.8, 4) is 6.01 Å². The number of fused-ring (bicyclic) bond motifs is 1. The molecule has 1 atom stereocenters. The van der Waals surface area contributed by atoms with Crippen molar-refractivity contribution in [1.29, 1.82) is 0 Å². The zero-order valence-corrected chi connectivity index (χ0v) is 22.0. The van der Waals surface area contributed by atoms with E-state index in [4.69, 9.17) is 10.5 Å². The molecule has 2 aliphatic heterocycles. The van der Waals surface area contributed by atoms with E-state index in [2.05, 4.69) is 32.5 Å². The summed E-state index contributed by atoms with van der Waals surface area (Å²) in [6, 6.07) is 0.372. The largest absolute Gasteiger partial charge is 0.463 e. The molecule has 0 aliphatic carbocycles. The molecule has 1 unspecified atom stereocenters. The standard InChI is InChI=1S/C25H43N7O2.ClH/c1-2-3-17-34-24-30-22(26)21-23(31-24)32(25(33)29-21)20(19-11-15-28-16-12-19)8-6-4-5-7-18-9-13-27-14-10-18;/h18-20,27-28H,2-17H2,1H3,(H,29,33)(H2,26,30,31);1H. The van der Waals surface area contributed by atoms with E-state index in [1.165, 1.54) is 45.2 Å². The maximum absolute atomic E-state index is 13.2. The number of rotatable bonds is 12. The van der Waals surface area contributed by atoms with Gasteiger partial charge in [-0.25, -0.2) is 4.79 Å². The molecule has 2 aliphatic rings. The van der Waals surface area contributed by atoms with Crippen molar-refractivity contribution >= 4 is 29.4 Å². The van der Waals surface area contributed by atoms with Gasteiger partial charge in [-0.1, -0.05) is 39.0 Å². The van der Waals surface area contributed by atoms with Crippen LogP contribution in [0.5, 0.6) is 6.01 Å². The molecule has 0 spiro atoms. The average molecular weight is 510 g/mol. The lowest BCUT2D eigenvalue weighted by atomic mass is 9.86. The number of halogens is 1. The van der Waals surface area contributed by atoms with Crippen LogP contribution in [-0.4, -0.2) is 52.3 Å². The summed E-state index contributed by atoms with van der Waals surface area (Å²) >= 11 is 0. The topological polar surface area (TPSA) is 123 Å². The fourth-order valence-corrected chi connectivity index (χ4v) is 5.62. The maximum Gasteiger partial charge on any atom is 0.328 e. The number of nitrogens with one attached hydrogen (secondary N) is 3. The molecule has 0 saturated carbocycles. The first-order valence-corrected chi connectivity index (χ1v) is 13.5. The third-order valence-corrected chi connectivity index (χ3v) is 7.64. The second kappa shape index (κ2) is 14.0. The first-order valence-electron chi connectivity index (χ1n) is 13.5. The Morgan fingerprint density at radius 2 is 1.74 bits per heavy atom. The molecule has 5 N–H and O–H groups in total. The number of ether oxygens (including phenoxy) is 1. The number of hydrogen-bond acceptors (Lipinski definition) is 7. The number of aromatic amines is 1. The Balaban J connectivity index is 0.00000342. The van der Waals surface area contributed by atoms with Crippen LogP contribution in [-0.2, 0) is 0 Å². The highest BCUT2D eigenvalue weighted by Crippen LogP contribution is 2.33. The van der Waals surface area contributed by atoms with Gasteiger partial charge >= 0.3 is 11.7 Å². The summed E-state index contributed by atoms with van der Waals surface area (Å²) < 4.78 is 7.61. The van der Waals surface area contributed by atoms with E-state index in [0.29, 0.717) is 23.7 Å². The third-order valence-electron chi connectivity index (χ3n) is 7.64. The molecule has 2 saturated heterocycles. The first-order chi connectivity index (χ1) is 16.7. The molecule has 2 fully saturated rings. The maximum atomic E-state index is 13.2. The van der Waals surface area contributed by atoms with E-state index >= 15 is 0 Å². The highest BCUT2D eigenvalue weighted by atomic mass is 35.5. The van der Waals surface area contributed by atoms with Crippen LogP contribution >= 0.6 is 12.4 Å². The van der Waals surface area contributed by atoms with Crippen LogP contribution in [0.15, 0.2) is 4.79 Å². The molecule has 0 radical (unpaired) electrons. The molecule has 35 heavy (non-hydrogen) atoms. The number of H-pyrrole nitrogens is 1. The monoisotopic (exact) mass is 509 g/mol. The molecule has 9 nitrogen and oxygen atoms in total. The molecule has 4 rings (SSSR count). The van der Waals surface area contributed by atoms with Crippen molar-refractivity contribution in [1.82, 2.24) is 30.2 Å². The fourth-order valence-electron chi connectivity index (χ4n) is 5.62. The lowest BCUT2D eigenvalue weighted by molar-refractivity contribution is 0.240. The van der Waals surface area contributed by atoms with Crippen molar-refractivity contribution in [2.24, 2.45) is 11.8 Å². The average Bonchev–Trinajstić information content (AvgIpc) is 3.19. The Morgan fingerprint density at radius 3 is 2.46 bits per heavy atom. The molecule has 0 aromatic carbocycles. The summed E-state index contributed by atoms with van der Waals surface area (Å²) in [7, 11) is 0. The van der Waals surface area contributed by atoms with Crippen LogP contribution in [0.2, 0.25) is 0 Å². The van der Waals surface area contributed by atoms with E-state index in [1.54, 1.807) is 0 Å². The molecule has 198 valence electrons. The zero-order chi connectivity index (χ0) is 23.8. The van der Waals surface area contributed by atoms with Gasteiger partial charge in [0.2, 0.25) is 0 Å². The van der Waals surface area contributed by atoms with Gasteiger partial charge in [-0.05, 0) is 76.5 Å². The lowest BCUT2D eigenvalue weighted by Crippen LogP contribution is -2.35. The van der Waals surface area contributed by atoms with E-state index < -0.39 is 0 Å². The van der Waals surface area contributed by atoms with Crippen molar-refractivity contribution in [3.63, 3.8) is 0 Å². The van der Waals surface area contributed by atoms with E-state index in [0.717, 1.165) is 57.5 Å². The smallest absolute Gasteiger partial charge is 0.328 e. The minimum Gasteiger partial charge on any atom is -0.463 e. The summed E-state index contributed by atoms with van der Waals surface area (Å²) in [4.78, 5) is 25.0. The summed E-state index contributed by atoms with van der Waals surface area (Å²) in [6.07, 6.45) is 12.6. The zero-order valence-electron chi connectivity index (χ0n) is 21.2. The summed E-state index contributed by atoms with van der Waals surface area (Å²) in [5.41, 5.74) is 7.18. The molecule has 0 bridgehead atoms. The number of anilines is 1. The first kappa shape index (κ1) is 27.7. The molecule has 2 aromatic rings. The number of aromatic nitrogens is 4. The highest BCUT2D eigenvalue weighted by Gasteiger charge is 2.29.